The lowest BCUT2D eigenvalue weighted by molar-refractivity contribution is -0.126. The van der Waals surface area contributed by atoms with Gasteiger partial charge in [0.1, 0.15) is 5.54 Å². The molecule has 1 amide bonds. The first-order valence-corrected chi connectivity index (χ1v) is 12.2. The molecule has 1 unspecified atom stereocenters. The van der Waals surface area contributed by atoms with Gasteiger partial charge in [-0.3, -0.25) is 9.69 Å². The number of halogens is 1. The summed E-state index contributed by atoms with van der Waals surface area (Å²) in [5.41, 5.74) is 0.191. The molecule has 2 aliphatic rings. The van der Waals surface area contributed by atoms with Crippen molar-refractivity contribution in [1.29, 1.82) is 5.26 Å². The lowest BCUT2D eigenvalue weighted by atomic mass is 10.1. The van der Waals surface area contributed by atoms with Crippen molar-refractivity contribution in [3.8, 4) is 6.07 Å². The van der Waals surface area contributed by atoms with Gasteiger partial charge in [-0.15, -0.1) is 0 Å². The summed E-state index contributed by atoms with van der Waals surface area (Å²) in [5, 5.41) is 11.6. The number of carbonyl (C=O) groups excluding carboxylic acids is 1. The number of likely N-dealkylation sites (tertiary alicyclic amines) is 1. The van der Waals surface area contributed by atoms with Crippen molar-refractivity contribution >= 4 is 27.3 Å². The van der Waals surface area contributed by atoms with Gasteiger partial charge in [0.2, 0.25) is 5.91 Å². The van der Waals surface area contributed by atoms with Crippen molar-refractivity contribution in [3.63, 3.8) is 0 Å². The molecule has 6 nitrogen and oxygen atoms in total. The second kappa shape index (κ2) is 8.27. The molecular weight excluding hydrogens is 434 g/mol. The summed E-state index contributed by atoms with van der Waals surface area (Å²) in [7, 11) is -3.74. The molecule has 2 aromatic rings. The van der Waals surface area contributed by atoms with Gasteiger partial charge in [-0.2, -0.15) is 5.26 Å². The second-order valence-corrected chi connectivity index (χ2v) is 10.9. The highest BCUT2D eigenvalue weighted by atomic mass is 35.5. The largest absolute Gasteiger partial charge is 0.336 e. The van der Waals surface area contributed by atoms with Crippen LogP contribution in [0.15, 0.2) is 59.5 Å². The number of rotatable bonds is 6. The second-order valence-electron chi connectivity index (χ2n) is 8.32. The number of amides is 1. The van der Waals surface area contributed by atoms with Gasteiger partial charge in [0.15, 0.2) is 9.84 Å². The van der Waals surface area contributed by atoms with Crippen molar-refractivity contribution in [2.24, 2.45) is 0 Å². The Bertz CT molecular complexity index is 1130. The van der Waals surface area contributed by atoms with E-state index in [-0.39, 0.29) is 34.8 Å². The standard InChI is InChI=1S/C23H24ClN3O3S/c1-16(17-7-3-2-4-8-17)27-14-18(31(29,30)21-10-6-5-9-19(21)24)13-20(27)22(28)26-23(15-25)11-12-23/h2-10,16,18,20H,11-14H2,1H3,(H,26,28)/t16?,18-,20+/m1/s1. The molecule has 1 saturated heterocycles. The van der Waals surface area contributed by atoms with Crippen LogP contribution in [0.3, 0.4) is 0 Å². The van der Waals surface area contributed by atoms with Crippen LogP contribution in [0.25, 0.3) is 0 Å². The first-order valence-electron chi connectivity index (χ1n) is 10.3. The minimum absolute atomic E-state index is 0.0886. The van der Waals surface area contributed by atoms with E-state index in [1.165, 1.54) is 6.07 Å². The average Bonchev–Trinajstić information content (AvgIpc) is 3.39. The molecule has 31 heavy (non-hydrogen) atoms. The Kier molecular flexibility index (Phi) is 5.82. The van der Waals surface area contributed by atoms with Gasteiger partial charge in [0.05, 0.1) is 27.3 Å². The minimum atomic E-state index is -3.74. The van der Waals surface area contributed by atoms with Gasteiger partial charge in [-0.05, 0) is 43.9 Å². The molecule has 0 aromatic heterocycles. The first-order chi connectivity index (χ1) is 14.8. The predicted molar refractivity (Wildman–Crippen MR) is 118 cm³/mol. The monoisotopic (exact) mass is 457 g/mol. The first kappa shape index (κ1) is 21.8. The number of benzene rings is 2. The van der Waals surface area contributed by atoms with Crippen molar-refractivity contribution in [1.82, 2.24) is 10.2 Å². The summed E-state index contributed by atoms with van der Waals surface area (Å²) in [5.74, 6) is -0.293. The third-order valence-corrected chi connectivity index (χ3v) is 8.92. The summed E-state index contributed by atoms with van der Waals surface area (Å²) < 4.78 is 26.8. The summed E-state index contributed by atoms with van der Waals surface area (Å²) in [6.45, 7) is 2.18. The SMILES string of the molecule is CC(c1ccccc1)N1C[C@H](S(=O)(=O)c2ccccc2Cl)C[C@H]1C(=O)NC1(C#N)CC1. The topological polar surface area (TPSA) is 90.3 Å². The zero-order valence-corrected chi connectivity index (χ0v) is 18.7. The highest BCUT2D eigenvalue weighted by molar-refractivity contribution is 7.92. The molecule has 0 spiro atoms. The smallest absolute Gasteiger partial charge is 0.238 e. The van der Waals surface area contributed by atoms with E-state index in [0.29, 0.717) is 12.8 Å². The molecule has 1 heterocycles. The molecule has 1 N–H and O–H groups in total. The number of nitrogens with one attached hydrogen (secondary N) is 1. The van der Waals surface area contributed by atoms with Crippen LogP contribution in [0.2, 0.25) is 5.02 Å². The molecule has 3 atom stereocenters. The summed E-state index contributed by atoms with van der Waals surface area (Å²) >= 11 is 6.19. The van der Waals surface area contributed by atoms with Crippen LogP contribution in [0.1, 0.15) is 37.8 Å². The Morgan fingerprint density at radius 2 is 1.84 bits per heavy atom. The number of hydrogen-bond acceptors (Lipinski definition) is 5. The molecule has 1 aliphatic carbocycles. The summed E-state index contributed by atoms with van der Waals surface area (Å²) in [4.78, 5) is 15.2. The van der Waals surface area contributed by atoms with Crippen LogP contribution in [-0.2, 0) is 14.6 Å². The Morgan fingerprint density at radius 1 is 1.19 bits per heavy atom. The zero-order valence-electron chi connectivity index (χ0n) is 17.2. The van der Waals surface area contributed by atoms with E-state index in [2.05, 4.69) is 11.4 Å². The Hall–Kier alpha value is -2.40. The molecular formula is C23H24ClN3O3S. The molecule has 2 aromatic carbocycles. The number of nitrogens with zero attached hydrogens (tertiary/aromatic N) is 2. The fourth-order valence-electron chi connectivity index (χ4n) is 4.22. The third-order valence-electron chi connectivity index (χ3n) is 6.29. The number of carbonyl (C=O) groups is 1. The van der Waals surface area contributed by atoms with Gasteiger partial charge < -0.3 is 5.32 Å². The van der Waals surface area contributed by atoms with E-state index in [9.17, 15) is 18.5 Å². The highest BCUT2D eigenvalue weighted by Crippen LogP contribution is 2.38. The van der Waals surface area contributed by atoms with Gasteiger partial charge in [-0.25, -0.2) is 8.42 Å². The molecule has 8 heteroatoms. The van der Waals surface area contributed by atoms with Gasteiger partial charge >= 0.3 is 0 Å². The maximum atomic E-state index is 13.4. The van der Waals surface area contributed by atoms with Crippen molar-refractivity contribution in [2.45, 2.75) is 54.0 Å². The maximum absolute atomic E-state index is 13.4. The molecule has 2 fully saturated rings. The van der Waals surface area contributed by atoms with E-state index < -0.39 is 26.7 Å². The van der Waals surface area contributed by atoms with Crippen LogP contribution in [0.4, 0.5) is 0 Å². The van der Waals surface area contributed by atoms with Crippen molar-refractivity contribution in [2.75, 3.05) is 6.54 Å². The van der Waals surface area contributed by atoms with Gasteiger partial charge in [0, 0.05) is 12.6 Å². The van der Waals surface area contributed by atoms with Crippen molar-refractivity contribution < 1.29 is 13.2 Å². The van der Waals surface area contributed by atoms with Crippen LogP contribution in [0.5, 0.6) is 0 Å². The summed E-state index contributed by atoms with van der Waals surface area (Å²) in [6.07, 6.45) is 1.40. The van der Waals surface area contributed by atoms with Crippen molar-refractivity contribution in [3.05, 3.63) is 65.2 Å². The van der Waals surface area contributed by atoms with Crippen LogP contribution in [0, 0.1) is 11.3 Å². The lowest BCUT2D eigenvalue weighted by Gasteiger charge is -2.30. The normalized spacial score (nSPS) is 23.6. The van der Waals surface area contributed by atoms with E-state index in [0.717, 1.165) is 5.56 Å². The van der Waals surface area contributed by atoms with Crippen LogP contribution < -0.4 is 5.32 Å². The third kappa shape index (κ3) is 4.20. The number of hydrogen-bond donors (Lipinski definition) is 1. The Labute approximate surface area is 187 Å². The van der Waals surface area contributed by atoms with E-state index in [1.807, 2.05) is 42.2 Å². The molecule has 1 aliphatic heterocycles. The number of sulfone groups is 1. The quantitative estimate of drug-likeness (QED) is 0.717. The van der Waals surface area contributed by atoms with Gasteiger partial charge in [0.25, 0.3) is 0 Å². The van der Waals surface area contributed by atoms with Crippen LogP contribution >= 0.6 is 11.6 Å². The summed E-state index contributed by atoms with van der Waals surface area (Å²) in [6, 6.07) is 17.4. The average molecular weight is 458 g/mol. The van der Waals surface area contributed by atoms with E-state index in [4.69, 9.17) is 11.6 Å². The van der Waals surface area contributed by atoms with E-state index in [1.54, 1.807) is 18.2 Å². The number of nitriles is 1. The molecule has 0 bridgehead atoms. The fourth-order valence-corrected chi connectivity index (χ4v) is 6.45. The lowest BCUT2D eigenvalue weighted by Crippen LogP contribution is -2.48. The Morgan fingerprint density at radius 3 is 2.45 bits per heavy atom. The van der Waals surface area contributed by atoms with Gasteiger partial charge in [-0.1, -0.05) is 54.1 Å². The molecule has 4 rings (SSSR count). The zero-order chi connectivity index (χ0) is 22.2. The maximum Gasteiger partial charge on any atom is 0.238 e. The highest BCUT2D eigenvalue weighted by Gasteiger charge is 2.50. The van der Waals surface area contributed by atoms with Crippen LogP contribution in [-0.4, -0.2) is 42.6 Å². The minimum Gasteiger partial charge on any atom is -0.336 e. The Balaban J connectivity index is 1.65. The predicted octanol–water partition coefficient (Wildman–Crippen LogP) is 3.49. The molecule has 0 radical (unpaired) electrons. The van der Waals surface area contributed by atoms with E-state index >= 15 is 0 Å². The molecule has 162 valence electrons. The molecule has 1 saturated carbocycles. The fraction of sp³-hybridized carbons (Fsp3) is 0.391.